The van der Waals surface area contributed by atoms with Gasteiger partial charge >= 0.3 is 6.18 Å². The van der Waals surface area contributed by atoms with E-state index in [-0.39, 0.29) is 11.3 Å². The normalized spacial score (nSPS) is 30.2. The van der Waals surface area contributed by atoms with Crippen molar-refractivity contribution in [1.29, 1.82) is 0 Å². The fraction of sp³-hybridized carbons (Fsp3) is 0.533. The van der Waals surface area contributed by atoms with Gasteiger partial charge in [0.25, 0.3) is 0 Å². The fourth-order valence-corrected chi connectivity index (χ4v) is 5.96. The Balaban J connectivity index is 1.78. The Kier molecular flexibility index (Phi) is 3.58. The number of ketones is 1. The second kappa shape index (κ2) is 5.08. The molecular weight excluding hydrogens is 317 g/mol. The third-order valence-electron chi connectivity index (χ3n) is 4.70. The van der Waals surface area contributed by atoms with Gasteiger partial charge in [0.1, 0.15) is 0 Å². The number of fused-ring (bicyclic) bond motifs is 2. The summed E-state index contributed by atoms with van der Waals surface area (Å²) in [5.74, 6) is -0.654. The van der Waals surface area contributed by atoms with E-state index in [1.807, 2.05) is 0 Å². The first-order chi connectivity index (χ1) is 10.2. The largest absolute Gasteiger partial charge is 0.416 e. The minimum absolute atomic E-state index is 0.219. The number of hydrogen-bond acceptors (Lipinski definition) is 3. The van der Waals surface area contributed by atoms with E-state index in [2.05, 4.69) is 0 Å². The lowest BCUT2D eigenvalue weighted by atomic mass is 9.90. The van der Waals surface area contributed by atoms with E-state index >= 15 is 0 Å². The van der Waals surface area contributed by atoms with Crippen molar-refractivity contribution in [2.75, 3.05) is 0 Å². The van der Waals surface area contributed by atoms with Crippen LogP contribution in [0.1, 0.15) is 41.6 Å². The van der Waals surface area contributed by atoms with Gasteiger partial charge in [-0.2, -0.15) is 13.2 Å². The number of benzene rings is 1. The first-order valence-corrected chi connectivity index (χ1v) is 8.74. The molecule has 2 heterocycles. The van der Waals surface area contributed by atoms with Crippen molar-refractivity contribution in [2.45, 2.75) is 42.4 Å². The van der Waals surface area contributed by atoms with E-state index in [0.717, 1.165) is 12.1 Å². The van der Waals surface area contributed by atoms with Gasteiger partial charge in [0.05, 0.1) is 16.1 Å². The lowest BCUT2D eigenvalue weighted by Gasteiger charge is -2.27. The van der Waals surface area contributed by atoms with Gasteiger partial charge in [0.2, 0.25) is 0 Å². The van der Waals surface area contributed by atoms with Crippen LogP contribution < -0.4 is 0 Å². The molecule has 2 bridgehead atoms. The second-order valence-electron chi connectivity index (χ2n) is 6.02. The van der Waals surface area contributed by atoms with E-state index in [1.165, 1.54) is 12.1 Å². The SMILES string of the molecule is O=C(c1ccc(C(F)(F)F)cc1)C1CC2CCC(C1)S2(=O)=O. The zero-order chi connectivity index (χ0) is 16.1. The first-order valence-electron chi connectivity index (χ1n) is 7.14. The maximum Gasteiger partial charge on any atom is 0.416 e. The topological polar surface area (TPSA) is 51.2 Å². The molecule has 2 unspecified atom stereocenters. The zero-order valence-corrected chi connectivity index (χ0v) is 12.5. The molecule has 0 saturated carbocycles. The summed E-state index contributed by atoms with van der Waals surface area (Å²) in [7, 11) is -3.10. The van der Waals surface area contributed by atoms with Crippen LogP contribution in [0.4, 0.5) is 13.2 Å². The molecule has 1 aromatic rings. The molecule has 0 N–H and O–H groups in total. The Bertz CT molecular complexity index is 672. The maximum absolute atomic E-state index is 12.5. The quantitative estimate of drug-likeness (QED) is 0.781. The van der Waals surface area contributed by atoms with Crippen molar-refractivity contribution in [2.24, 2.45) is 5.92 Å². The van der Waals surface area contributed by atoms with E-state index in [0.29, 0.717) is 25.7 Å². The summed E-state index contributed by atoms with van der Waals surface area (Å²) >= 11 is 0. The van der Waals surface area contributed by atoms with Crippen molar-refractivity contribution < 1.29 is 26.4 Å². The van der Waals surface area contributed by atoms with Crippen LogP contribution in [0.2, 0.25) is 0 Å². The molecule has 2 aliphatic heterocycles. The van der Waals surface area contributed by atoms with E-state index in [4.69, 9.17) is 0 Å². The van der Waals surface area contributed by atoms with Crippen LogP contribution in [-0.4, -0.2) is 24.7 Å². The van der Waals surface area contributed by atoms with Crippen molar-refractivity contribution in [1.82, 2.24) is 0 Å². The van der Waals surface area contributed by atoms with Gasteiger partial charge < -0.3 is 0 Å². The number of rotatable bonds is 2. The monoisotopic (exact) mass is 332 g/mol. The van der Waals surface area contributed by atoms with Gasteiger partial charge in [0, 0.05) is 11.5 Å². The van der Waals surface area contributed by atoms with Crippen LogP contribution in [0.25, 0.3) is 0 Å². The Morgan fingerprint density at radius 1 is 1.00 bits per heavy atom. The fourth-order valence-electron chi connectivity index (χ4n) is 3.48. The average Bonchev–Trinajstić information content (AvgIpc) is 2.66. The Morgan fingerprint density at radius 2 is 1.50 bits per heavy atom. The van der Waals surface area contributed by atoms with Crippen LogP contribution in [-0.2, 0) is 16.0 Å². The highest BCUT2D eigenvalue weighted by Gasteiger charge is 2.48. The van der Waals surface area contributed by atoms with Crippen LogP contribution in [0.5, 0.6) is 0 Å². The van der Waals surface area contributed by atoms with Crippen molar-refractivity contribution in [3.63, 3.8) is 0 Å². The summed E-state index contributed by atoms with van der Waals surface area (Å²) in [5.41, 5.74) is -0.577. The standard InChI is InChI=1S/C15H15F3O3S/c16-15(17,18)11-3-1-9(2-4-11)14(19)10-7-12-5-6-13(8-10)22(12,20)21/h1-4,10,12-13H,5-8H2. The lowest BCUT2D eigenvalue weighted by molar-refractivity contribution is -0.137. The Morgan fingerprint density at radius 3 is 1.95 bits per heavy atom. The number of hydrogen-bond donors (Lipinski definition) is 0. The Labute approximate surface area is 126 Å². The molecule has 2 saturated heterocycles. The number of Topliss-reactive ketones (excluding diaryl/α,β-unsaturated/α-hetero) is 1. The van der Waals surface area contributed by atoms with E-state index < -0.39 is 38.0 Å². The number of sulfone groups is 1. The first kappa shape index (κ1) is 15.5. The molecule has 3 nitrogen and oxygen atoms in total. The van der Waals surface area contributed by atoms with Crippen molar-refractivity contribution >= 4 is 15.6 Å². The summed E-state index contributed by atoms with van der Waals surface area (Å²) < 4.78 is 61.6. The summed E-state index contributed by atoms with van der Waals surface area (Å²) in [5, 5.41) is -0.927. The Hall–Kier alpha value is -1.37. The molecule has 120 valence electrons. The van der Waals surface area contributed by atoms with Crippen LogP contribution in [0.15, 0.2) is 24.3 Å². The highest BCUT2D eigenvalue weighted by molar-refractivity contribution is 7.93. The summed E-state index contributed by atoms with van der Waals surface area (Å²) in [6.07, 6.45) is -2.68. The molecule has 2 aliphatic rings. The van der Waals surface area contributed by atoms with Crippen molar-refractivity contribution in [3.05, 3.63) is 35.4 Å². The van der Waals surface area contributed by atoms with Gasteiger partial charge in [-0.05, 0) is 37.8 Å². The molecule has 0 aromatic heterocycles. The average molecular weight is 332 g/mol. The van der Waals surface area contributed by atoms with Gasteiger partial charge in [-0.15, -0.1) is 0 Å². The summed E-state index contributed by atoms with van der Waals surface area (Å²) in [6.45, 7) is 0. The molecule has 22 heavy (non-hydrogen) atoms. The summed E-state index contributed by atoms with van der Waals surface area (Å²) in [6, 6.07) is 4.13. The molecule has 0 spiro atoms. The number of halogens is 3. The third kappa shape index (κ3) is 2.55. The van der Waals surface area contributed by atoms with E-state index in [1.54, 1.807) is 0 Å². The van der Waals surface area contributed by atoms with Crippen LogP contribution >= 0.6 is 0 Å². The molecule has 0 amide bonds. The predicted octanol–water partition coefficient (Wildman–Crippen LogP) is 3.24. The van der Waals surface area contributed by atoms with Crippen LogP contribution in [0.3, 0.4) is 0 Å². The number of carbonyl (C=O) groups is 1. The highest BCUT2D eigenvalue weighted by Crippen LogP contribution is 2.42. The molecular formula is C15H15F3O3S. The number of alkyl halides is 3. The minimum atomic E-state index is -4.43. The maximum atomic E-state index is 12.5. The van der Waals surface area contributed by atoms with E-state index in [9.17, 15) is 26.4 Å². The lowest BCUT2D eigenvalue weighted by Crippen LogP contribution is -2.36. The molecule has 1 aromatic carbocycles. The molecule has 3 rings (SSSR count). The molecule has 0 radical (unpaired) electrons. The zero-order valence-electron chi connectivity index (χ0n) is 11.6. The number of carbonyl (C=O) groups excluding carboxylic acids is 1. The third-order valence-corrected chi connectivity index (χ3v) is 7.42. The van der Waals surface area contributed by atoms with Gasteiger partial charge in [-0.1, -0.05) is 12.1 Å². The smallest absolute Gasteiger partial charge is 0.294 e. The van der Waals surface area contributed by atoms with Gasteiger partial charge in [0.15, 0.2) is 15.6 Å². The molecule has 2 atom stereocenters. The van der Waals surface area contributed by atoms with Crippen molar-refractivity contribution in [3.8, 4) is 0 Å². The molecule has 7 heteroatoms. The summed E-state index contributed by atoms with van der Waals surface area (Å²) in [4.78, 5) is 12.4. The predicted molar refractivity (Wildman–Crippen MR) is 74.2 cm³/mol. The second-order valence-corrected chi connectivity index (χ2v) is 8.53. The minimum Gasteiger partial charge on any atom is -0.294 e. The van der Waals surface area contributed by atoms with Crippen LogP contribution in [0, 0.1) is 5.92 Å². The molecule has 2 fully saturated rings. The van der Waals surface area contributed by atoms with Gasteiger partial charge in [-0.25, -0.2) is 8.42 Å². The highest BCUT2D eigenvalue weighted by atomic mass is 32.2. The van der Waals surface area contributed by atoms with Gasteiger partial charge in [-0.3, -0.25) is 4.79 Å². The molecule has 0 aliphatic carbocycles.